The molecule has 1 N–H and O–H groups in total. The number of anilines is 1. The number of pyridine rings is 1. The van der Waals surface area contributed by atoms with E-state index in [-0.39, 0.29) is 16.5 Å². The van der Waals surface area contributed by atoms with Gasteiger partial charge in [0.15, 0.2) is 0 Å². The largest absolute Gasteiger partial charge is 0.359 e. The second-order valence-corrected chi connectivity index (χ2v) is 4.16. The number of hydrogen-bond acceptors (Lipinski definition) is 6. The topological polar surface area (TPSA) is 93.8 Å². The lowest BCUT2D eigenvalue weighted by molar-refractivity contribution is -0.384. The molecule has 0 saturated carbocycles. The fourth-order valence-electron chi connectivity index (χ4n) is 1.48. The van der Waals surface area contributed by atoms with Gasteiger partial charge in [-0.2, -0.15) is 0 Å². The molecule has 0 spiro atoms. The van der Waals surface area contributed by atoms with Crippen molar-refractivity contribution in [3.05, 3.63) is 51.2 Å². The molecule has 98 valence electrons. The van der Waals surface area contributed by atoms with Crippen LogP contribution in [-0.2, 0) is 6.54 Å². The van der Waals surface area contributed by atoms with E-state index in [4.69, 9.17) is 11.6 Å². The van der Waals surface area contributed by atoms with E-state index in [9.17, 15) is 10.1 Å². The van der Waals surface area contributed by atoms with Gasteiger partial charge in [-0.15, -0.1) is 0 Å². The Bertz CT molecular complexity index is 620. The summed E-state index contributed by atoms with van der Waals surface area (Å²) in [7, 11) is 0. The van der Waals surface area contributed by atoms with Gasteiger partial charge in [0, 0.05) is 18.5 Å². The molecule has 0 bridgehead atoms. The van der Waals surface area contributed by atoms with Crippen LogP contribution >= 0.6 is 11.6 Å². The van der Waals surface area contributed by atoms with Crippen LogP contribution in [0.2, 0.25) is 5.02 Å². The molecule has 2 aromatic heterocycles. The molecule has 0 radical (unpaired) electrons. The molecule has 2 heterocycles. The molecule has 0 amide bonds. The summed E-state index contributed by atoms with van der Waals surface area (Å²) in [6.45, 7) is 2.09. The molecule has 0 saturated heterocycles. The molecule has 0 aliphatic rings. The molecule has 2 rings (SSSR count). The molecule has 8 heteroatoms. The maximum absolute atomic E-state index is 10.9. The second kappa shape index (κ2) is 5.57. The molecule has 0 atom stereocenters. The first-order valence-electron chi connectivity index (χ1n) is 5.38. The fourth-order valence-corrected chi connectivity index (χ4v) is 1.63. The van der Waals surface area contributed by atoms with Crippen LogP contribution in [0.15, 0.2) is 24.5 Å². The lowest BCUT2D eigenvalue weighted by atomic mass is 10.3. The maximum Gasteiger partial charge on any atom is 0.312 e. The third kappa shape index (κ3) is 3.35. The predicted molar refractivity (Wildman–Crippen MR) is 70.0 cm³/mol. The standard InChI is InChI=1S/C11H10ClN5O2/c1-7-13-3-2-9(16-7)6-15-11-10(17(18)19)4-8(12)5-14-11/h2-5H,6H2,1H3,(H,14,15). The van der Waals surface area contributed by atoms with Gasteiger partial charge in [-0.05, 0) is 13.0 Å². The molecule has 0 aromatic carbocycles. The van der Waals surface area contributed by atoms with Gasteiger partial charge in [0.1, 0.15) is 5.82 Å². The van der Waals surface area contributed by atoms with Crippen molar-refractivity contribution in [2.75, 3.05) is 5.32 Å². The van der Waals surface area contributed by atoms with Crippen LogP contribution in [0, 0.1) is 17.0 Å². The highest BCUT2D eigenvalue weighted by Crippen LogP contribution is 2.25. The average Bonchev–Trinajstić information content (AvgIpc) is 2.37. The lowest BCUT2D eigenvalue weighted by Gasteiger charge is -2.06. The highest BCUT2D eigenvalue weighted by atomic mass is 35.5. The van der Waals surface area contributed by atoms with Crippen LogP contribution in [0.3, 0.4) is 0 Å². The van der Waals surface area contributed by atoms with Crippen LogP contribution in [0.1, 0.15) is 11.5 Å². The molecule has 7 nitrogen and oxygen atoms in total. The third-order valence-electron chi connectivity index (χ3n) is 2.30. The molecular weight excluding hydrogens is 270 g/mol. The third-order valence-corrected chi connectivity index (χ3v) is 2.51. The highest BCUT2D eigenvalue weighted by molar-refractivity contribution is 6.30. The van der Waals surface area contributed by atoms with Gasteiger partial charge in [-0.3, -0.25) is 10.1 Å². The summed E-state index contributed by atoms with van der Waals surface area (Å²) in [5.41, 5.74) is 0.553. The summed E-state index contributed by atoms with van der Waals surface area (Å²) in [5, 5.41) is 14.0. The van der Waals surface area contributed by atoms with Gasteiger partial charge < -0.3 is 5.32 Å². The number of aryl methyl sites for hydroxylation is 1. The average molecular weight is 280 g/mol. The van der Waals surface area contributed by atoms with Crippen molar-refractivity contribution in [3.8, 4) is 0 Å². The Hall–Kier alpha value is -2.28. The van der Waals surface area contributed by atoms with Crippen molar-refractivity contribution >= 4 is 23.1 Å². The highest BCUT2D eigenvalue weighted by Gasteiger charge is 2.15. The van der Waals surface area contributed by atoms with Crippen molar-refractivity contribution in [1.82, 2.24) is 15.0 Å². The van der Waals surface area contributed by atoms with Gasteiger partial charge in [0.25, 0.3) is 0 Å². The Morgan fingerprint density at radius 1 is 1.47 bits per heavy atom. The number of nitrogens with one attached hydrogen (secondary N) is 1. The van der Waals surface area contributed by atoms with Crippen molar-refractivity contribution in [2.24, 2.45) is 0 Å². The maximum atomic E-state index is 10.9. The van der Waals surface area contributed by atoms with E-state index in [2.05, 4.69) is 20.3 Å². The van der Waals surface area contributed by atoms with Crippen molar-refractivity contribution < 1.29 is 4.92 Å². The van der Waals surface area contributed by atoms with Gasteiger partial charge in [-0.25, -0.2) is 15.0 Å². The van der Waals surface area contributed by atoms with Gasteiger partial charge in [0.2, 0.25) is 5.82 Å². The molecule has 0 fully saturated rings. The van der Waals surface area contributed by atoms with Crippen LogP contribution < -0.4 is 5.32 Å². The number of rotatable bonds is 4. The summed E-state index contributed by atoms with van der Waals surface area (Å²) < 4.78 is 0. The summed E-state index contributed by atoms with van der Waals surface area (Å²) in [4.78, 5) is 22.4. The molecule has 0 aliphatic carbocycles. The first kappa shape index (κ1) is 13.2. The fraction of sp³-hybridized carbons (Fsp3) is 0.182. The quantitative estimate of drug-likeness (QED) is 0.682. The van der Waals surface area contributed by atoms with Gasteiger partial charge in [-0.1, -0.05) is 11.6 Å². The van der Waals surface area contributed by atoms with Crippen LogP contribution in [0.5, 0.6) is 0 Å². The second-order valence-electron chi connectivity index (χ2n) is 3.73. The molecule has 19 heavy (non-hydrogen) atoms. The lowest BCUT2D eigenvalue weighted by Crippen LogP contribution is -2.06. The van der Waals surface area contributed by atoms with Crippen LogP contribution in [0.4, 0.5) is 11.5 Å². The van der Waals surface area contributed by atoms with E-state index in [1.165, 1.54) is 12.3 Å². The minimum absolute atomic E-state index is 0.158. The van der Waals surface area contributed by atoms with Gasteiger partial charge in [0.05, 0.1) is 22.2 Å². The summed E-state index contributed by atoms with van der Waals surface area (Å²) in [6, 6.07) is 2.98. The van der Waals surface area contributed by atoms with Crippen molar-refractivity contribution in [3.63, 3.8) is 0 Å². The smallest absolute Gasteiger partial charge is 0.312 e. The Kier molecular flexibility index (Phi) is 3.86. The first-order valence-corrected chi connectivity index (χ1v) is 5.76. The van der Waals surface area contributed by atoms with E-state index in [0.717, 1.165) is 5.69 Å². The van der Waals surface area contributed by atoms with E-state index in [1.54, 1.807) is 19.2 Å². The van der Waals surface area contributed by atoms with Crippen LogP contribution in [0.25, 0.3) is 0 Å². The monoisotopic (exact) mass is 279 g/mol. The van der Waals surface area contributed by atoms with Crippen LogP contribution in [-0.4, -0.2) is 19.9 Å². The zero-order valence-electron chi connectivity index (χ0n) is 10.00. The zero-order chi connectivity index (χ0) is 13.8. The van der Waals surface area contributed by atoms with Gasteiger partial charge >= 0.3 is 5.69 Å². The minimum atomic E-state index is -0.535. The Morgan fingerprint density at radius 3 is 2.95 bits per heavy atom. The first-order chi connectivity index (χ1) is 9.06. The van der Waals surface area contributed by atoms with E-state index in [0.29, 0.717) is 12.4 Å². The molecular formula is C11H10ClN5O2. The Balaban J connectivity index is 2.17. The molecule has 0 unspecified atom stereocenters. The van der Waals surface area contributed by atoms with E-state index in [1.807, 2.05) is 0 Å². The molecule has 0 aliphatic heterocycles. The molecule has 2 aromatic rings. The number of nitro groups is 1. The van der Waals surface area contributed by atoms with E-state index < -0.39 is 4.92 Å². The van der Waals surface area contributed by atoms with Crippen molar-refractivity contribution in [2.45, 2.75) is 13.5 Å². The number of hydrogen-bond donors (Lipinski definition) is 1. The summed E-state index contributed by atoms with van der Waals surface area (Å²) in [5.74, 6) is 0.795. The minimum Gasteiger partial charge on any atom is -0.359 e. The zero-order valence-corrected chi connectivity index (χ0v) is 10.8. The normalized spacial score (nSPS) is 10.2. The number of nitrogens with zero attached hydrogens (tertiary/aromatic N) is 4. The SMILES string of the molecule is Cc1nccc(CNc2ncc(Cl)cc2[N+](=O)[O-])n1. The van der Waals surface area contributed by atoms with Crippen molar-refractivity contribution in [1.29, 1.82) is 0 Å². The number of halogens is 1. The Morgan fingerprint density at radius 2 is 2.26 bits per heavy atom. The summed E-state index contributed by atoms with van der Waals surface area (Å²) in [6.07, 6.45) is 2.98. The number of aromatic nitrogens is 3. The van der Waals surface area contributed by atoms with E-state index >= 15 is 0 Å². The summed E-state index contributed by atoms with van der Waals surface area (Å²) >= 11 is 5.68. The Labute approximate surface area is 113 Å². The predicted octanol–water partition coefficient (Wildman–Crippen LogP) is 2.35.